The largest absolute Gasteiger partial charge is 0.371 e. The molecule has 11 nitrogen and oxygen atoms in total. The Morgan fingerprint density at radius 1 is 1.57 bits per heavy atom. The Morgan fingerprint density at radius 3 is 2.86 bits per heavy atom. The minimum Gasteiger partial charge on any atom is -0.371 e. The van der Waals surface area contributed by atoms with Gasteiger partial charge in [0, 0.05) is 0 Å². The Balaban J connectivity index is 2.11. The van der Waals surface area contributed by atoms with E-state index >= 15 is 0 Å². The third-order valence-corrected chi connectivity index (χ3v) is 4.00. The fourth-order valence-corrected chi connectivity index (χ4v) is 3.00. The molecular formula is C9H15N7O4S. The molecule has 2 heterocycles. The highest BCUT2D eigenvalue weighted by Gasteiger charge is 2.52. The lowest BCUT2D eigenvalue weighted by Crippen LogP contribution is -2.71. The van der Waals surface area contributed by atoms with Crippen molar-refractivity contribution in [2.45, 2.75) is 25.2 Å². The van der Waals surface area contributed by atoms with Crippen LogP contribution >= 0.6 is 0 Å². The number of likely N-dealkylation sites (N-methyl/N-ethyl adjacent to an activating group) is 1. The molecule has 21 heavy (non-hydrogen) atoms. The molecule has 1 aromatic rings. The van der Waals surface area contributed by atoms with Crippen molar-refractivity contribution in [1.29, 1.82) is 5.41 Å². The van der Waals surface area contributed by atoms with Gasteiger partial charge in [-0.25, -0.2) is 4.31 Å². The molecular weight excluding hydrogens is 302 g/mol. The number of β-lactam (4-membered cyclic amide) rings is 1. The van der Waals surface area contributed by atoms with Crippen LogP contribution in [0.1, 0.15) is 5.69 Å². The Hall–Kier alpha value is -2.05. The van der Waals surface area contributed by atoms with Crippen LogP contribution < -0.4 is 10.6 Å². The van der Waals surface area contributed by atoms with Crippen LogP contribution in [-0.4, -0.2) is 63.6 Å². The fourth-order valence-electron chi connectivity index (χ4n) is 2.12. The van der Waals surface area contributed by atoms with E-state index in [0.717, 1.165) is 6.34 Å². The van der Waals surface area contributed by atoms with Crippen LogP contribution in [0.5, 0.6) is 0 Å². The lowest BCUT2D eigenvalue weighted by atomic mass is 9.99. The van der Waals surface area contributed by atoms with Crippen LogP contribution in [0.4, 0.5) is 0 Å². The standard InChI is InChI=1S/C9H15N7O4S/c1-11-8-7(16(9(8)17)21(18,19)20)4-15-13-3-6(14-15)2-12-5-10/h3,5,7-8,11H,2,4H2,1H3,(H2,10,12)(H,18,19,20). The summed E-state index contributed by atoms with van der Waals surface area (Å²) in [7, 11) is -3.08. The van der Waals surface area contributed by atoms with E-state index in [-0.39, 0.29) is 6.54 Å². The minimum absolute atomic E-state index is 0.0155. The molecule has 1 fully saturated rings. The molecule has 0 aliphatic carbocycles. The first kappa shape index (κ1) is 15.3. The molecule has 1 aliphatic rings. The second kappa shape index (κ2) is 5.75. The minimum atomic E-state index is -4.60. The van der Waals surface area contributed by atoms with Crippen LogP contribution in [0.3, 0.4) is 0 Å². The predicted octanol–water partition coefficient (Wildman–Crippen LogP) is -2.42. The average molecular weight is 317 g/mol. The van der Waals surface area contributed by atoms with Crippen LogP contribution in [0.25, 0.3) is 0 Å². The second-order valence-electron chi connectivity index (χ2n) is 4.36. The number of carbonyl (C=O) groups is 1. The van der Waals surface area contributed by atoms with Crippen molar-refractivity contribution < 1.29 is 17.8 Å². The molecule has 1 aromatic heterocycles. The lowest BCUT2D eigenvalue weighted by molar-refractivity contribution is -0.143. The van der Waals surface area contributed by atoms with Crippen molar-refractivity contribution >= 4 is 22.5 Å². The molecule has 0 saturated carbocycles. The summed E-state index contributed by atoms with van der Waals surface area (Å²) in [6.45, 7) is 0.326. The normalized spacial score (nSPS) is 22.0. The number of carbonyl (C=O) groups excluding carboxylic acids is 1. The molecule has 0 radical (unpaired) electrons. The van der Waals surface area contributed by atoms with Crippen LogP contribution in [0.2, 0.25) is 0 Å². The molecule has 2 rings (SSSR count). The van der Waals surface area contributed by atoms with Gasteiger partial charge in [-0.1, -0.05) is 0 Å². The second-order valence-corrected chi connectivity index (χ2v) is 5.65. The van der Waals surface area contributed by atoms with Crippen molar-refractivity contribution in [2.24, 2.45) is 0 Å². The zero-order valence-corrected chi connectivity index (χ0v) is 11.9. The zero-order valence-electron chi connectivity index (χ0n) is 11.1. The van der Waals surface area contributed by atoms with Crippen LogP contribution in [0, 0.1) is 5.41 Å². The summed E-state index contributed by atoms with van der Waals surface area (Å²) in [5.74, 6) is -0.720. The first-order valence-corrected chi connectivity index (χ1v) is 7.37. The van der Waals surface area contributed by atoms with Gasteiger partial charge in [0.15, 0.2) is 0 Å². The van der Waals surface area contributed by atoms with Crippen LogP contribution in [-0.2, 0) is 28.2 Å². The van der Waals surface area contributed by atoms with Gasteiger partial charge in [-0.15, -0.1) is 0 Å². The van der Waals surface area contributed by atoms with E-state index in [9.17, 15) is 13.2 Å². The third kappa shape index (κ3) is 3.01. The summed E-state index contributed by atoms with van der Waals surface area (Å²) in [4.78, 5) is 12.9. The number of aromatic nitrogens is 3. The van der Waals surface area contributed by atoms with E-state index in [1.807, 2.05) is 0 Å². The van der Waals surface area contributed by atoms with E-state index in [1.165, 1.54) is 18.0 Å². The van der Waals surface area contributed by atoms with Crippen LogP contribution in [0.15, 0.2) is 6.20 Å². The number of nitrogens with zero attached hydrogens (tertiary/aromatic N) is 4. The van der Waals surface area contributed by atoms with Crippen molar-refractivity contribution in [2.75, 3.05) is 7.05 Å². The third-order valence-electron chi connectivity index (χ3n) is 3.05. The molecule has 116 valence electrons. The Morgan fingerprint density at radius 2 is 2.29 bits per heavy atom. The summed E-state index contributed by atoms with van der Waals surface area (Å²) in [5, 5.41) is 20.2. The molecule has 12 heteroatoms. The summed E-state index contributed by atoms with van der Waals surface area (Å²) < 4.78 is 31.8. The highest BCUT2D eigenvalue weighted by molar-refractivity contribution is 7.84. The molecule has 0 bridgehead atoms. The smallest absolute Gasteiger partial charge is 0.362 e. The van der Waals surface area contributed by atoms with Gasteiger partial charge in [0.25, 0.3) is 5.91 Å². The van der Waals surface area contributed by atoms with Gasteiger partial charge in [0.1, 0.15) is 11.7 Å². The maximum Gasteiger partial charge on any atom is 0.362 e. The summed E-state index contributed by atoms with van der Waals surface area (Å²) >= 11 is 0. The summed E-state index contributed by atoms with van der Waals surface area (Å²) in [5.41, 5.74) is 0.559. The van der Waals surface area contributed by atoms with E-state index in [2.05, 4.69) is 20.8 Å². The van der Waals surface area contributed by atoms with Crippen molar-refractivity contribution in [3.8, 4) is 0 Å². The first-order chi connectivity index (χ1) is 9.88. The fraction of sp³-hybridized carbons (Fsp3) is 0.556. The molecule has 2 atom stereocenters. The monoisotopic (exact) mass is 317 g/mol. The van der Waals surface area contributed by atoms with Gasteiger partial charge in [0.2, 0.25) is 0 Å². The number of hydrogen-bond acceptors (Lipinski definition) is 7. The van der Waals surface area contributed by atoms with E-state index < -0.39 is 28.3 Å². The molecule has 2 unspecified atom stereocenters. The molecule has 0 spiro atoms. The molecule has 4 N–H and O–H groups in total. The Kier molecular flexibility index (Phi) is 4.20. The molecule has 1 saturated heterocycles. The first-order valence-electron chi connectivity index (χ1n) is 5.97. The van der Waals surface area contributed by atoms with Gasteiger partial charge in [-0.3, -0.25) is 14.8 Å². The van der Waals surface area contributed by atoms with E-state index in [0.29, 0.717) is 16.5 Å². The SMILES string of the molecule is CNC1C(=O)N(S(=O)(=O)O)C1Cn1ncc(CNC=N)n1. The number of rotatable bonds is 7. The van der Waals surface area contributed by atoms with Gasteiger partial charge in [-0.2, -0.15) is 23.4 Å². The highest BCUT2D eigenvalue weighted by atomic mass is 32.2. The molecule has 1 amide bonds. The number of hydrogen-bond donors (Lipinski definition) is 4. The Bertz CT molecular complexity index is 642. The summed E-state index contributed by atoms with van der Waals surface area (Å²) in [6, 6.07) is -1.52. The predicted molar refractivity (Wildman–Crippen MR) is 70.7 cm³/mol. The highest BCUT2D eigenvalue weighted by Crippen LogP contribution is 2.24. The maximum atomic E-state index is 11.6. The maximum absolute atomic E-state index is 11.6. The molecule has 0 aromatic carbocycles. The van der Waals surface area contributed by atoms with Gasteiger partial charge >= 0.3 is 10.3 Å². The van der Waals surface area contributed by atoms with Gasteiger partial charge in [0.05, 0.1) is 31.7 Å². The topological polar surface area (TPSA) is 153 Å². The van der Waals surface area contributed by atoms with Gasteiger partial charge in [-0.05, 0) is 7.05 Å². The van der Waals surface area contributed by atoms with E-state index in [1.54, 1.807) is 0 Å². The quantitative estimate of drug-likeness (QED) is 0.187. The average Bonchev–Trinajstić information content (AvgIpc) is 2.82. The zero-order chi connectivity index (χ0) is 15.6. The van der Waals surface area contributed by atoms with E-state index in [4.69, 9.17) is 9.96 Å². The Labute approximate surface area is 120 Å². The molecule has 1 aliphatic heterocycles. The number of amides is 1. The number of nitrogens with one attached hydrogen (secondary N) is 3. The van der Waals surface area contributed by atoms with Gasteiger partial charge < -0.3 is 10.6 Å². The lowest BCUT2D eigenvalue weighted by Gasteiger charge is -2.43. The van der Waals surface area contributed by atoms with Crippen molar-refractivity contribution in [1.82, 2.24) is 29.9 Å². The summed E-state index contributed by atoms with van der Waals surface area (Å²) in [6.07, 6.45) is 2.48. The van der Waals surface area contributed by atoms with Crippen molar-refractivity contribution in [3.05, 3.63) is 11.9 Å². The van der Waals surface area contributed by atoms with Crippen molar-refractivity contribution in [3.63, 3.8) is 0 Å².